The molecule has 5 nitrogen and oxygen atoms in total. The molecular formula is C16H22N4OS. The number of rotatable bonds is 4. The number of hydrogen-bond donors (Lipinski definition) is 0. The zero-order chi connectivity index (χ0) is 15.5. The van der Waals surface area contributed by atoms with Gasteiger partial charge >= 0.3 is 0 Å². The molecule has 1 saturated heterocycles. The highest BCUT2D eigenvalue weighted by Crippen LogP contribution is 2.28. The molecule has 1 atom stereocenters. The third-order valence-electron chi connectivity index (χ3n) is 4.10. The van der Waals surface area contributed by atoms with E-state index in [-0.39, 0.29) is 5.91 Å². The first-order valence-electron chi connectivity index (χ1n) is 7.84. The largest absolute Gasteiger partial charge is 0.342 e. The van der Waals surface area contributed by atoms with E-state index >= 15 is 0 Å². The summed E-state index contributed by atoms with van der Waals surface area (Å²) in [6.45, 7) is 5.81. The van der Waals surface area contributed by atoms with Crippen molar-refractivity contribution >= 4 is 17.2 Å². The fourth-order valence-corrected chi connectivity index (χ4v) is 3.64. The van der Waals surface area contributed by atoms with Gasteiger partial charge in [0.05, 0.1) is 17.1 Å². The van der Waals surface area contributed by atoms with Crippen LogP contribution < -0.4 is 0 Å². The van der Waals surface area contributed by atoms with Crippen molar-refractivity contribution in [3.05, 3.63) is 34.5 Å². The minimum absolute atomic E-state index is 0.176. The average Bonchev–Trinajstić information content (AvgIpc) is 3.19. The number of likely N-dealkylation sites (tertiary alicyclic amines) is 1. The third kappa shape index (κ3) is 3.38. The molecule has 0 aliphatic carbocycles. The second kappa shape index (κ2) is 6.60. The van der Waals surface area contributed by atoms with Crippen molar-refractivity contribution in [1.82, 2.24) is 19.7 Å². The van der Waals surface area contributed by atoms with Gasteiger partial charge in [-0.1, -0.05) is 0 Å². The van der Waals surface area contributed by atoms with Crippen molar-refractivity contribution in [1.29, 1.82) is 0 Å². The number of hydrogen-bond acceptors (Lipinski definition) is 4. The van der Waals surface area contributed by atoms with Crippen molar-refractivity contribution in [2.75, 3.05) is 13.1 Å². The van der Waals surface area contributed by atoms with Crippen molar-refractivity contribution in [2.45, 2.75) is 45.1 Å². The molecule has 1 unspecified atom stereocenters. The molecule has 3 heterocycles. The van der Waals surface area contributed by atoms with E-state index in [1.54, 1.807) is 11.3 Å². The second-order valence-electron chi connectivity index (χ2n) is 6.11. The molecule has 118 valence electrons. The summed E-state index contributed by atoms with van der Waals surface area (Å²) < 4.78 is 1.90. The summed E-state index contributed by atoms with van der Waals surface area (Å²) in [6, 6.07) is 2.27. The molecule has 2 aromatic rings. The van der Waals surface area contributed by atoms with Crippen molar-refractivity contribution in [3.63, 3.8) is 0 Å². The van der Waals surface area contributed by atoms with Gasteiger partial charge in [-0.05, 0) is 32.8 Å². The van der Waals surface area contributed by atoms with Crippen LogP contribution in [0, 0.1) is 0 Å². The van der Waals surface area contributed by atoms with Gasteiger partial charge in [0.1, 0.15) is 0 Å². The maximum atomic E-state index is 12.5. The highest BCUT2D eigenvalue weighted by Gasteiger charge is 2.26. The summed E-state index contributed by atoms with van der Waals surface area (Å²) in [5.41, 5.74) is 0.857. The van der Waals surface area contributed by atoms with Gasteiger partial charge in [0.2, 0.25) is 5.91 Å². The third-order valence-corrected chi connectivity index (χ3v) is 5.04. The number of piperidine rings is 1. The Labute approximate surface area is 135 Å². The number of nitrogens with zero attached hydrogens (tertiary/aromatic N) is 4. The summed E-state index contributed by atoms with van der Waals surface area (Å²) in [4.78, 5) is 18.9. The van der Waals surface area contributed by atoms with E-state index in [0.29, 0.717) is 18.4 Å². The normalized spacial score (nSPS) is 18.9. The first-order valence-corrected chi connectivity index (χ1v) is 8.72. The SMILES string of the molecule is CC(C)n1ccc(CC(=O)N2CCCC(c3nccs3)C2)n1. The van der Waals surface area contributed by atoms with E-state index in [9.17, 15) is 4.79 Å². The van der Waals surface area contributed by atoms with Crippen LogP contribution in [0.25, 0.3) is 0 Å². The van der Waals surface area contributed by atoms with Crippen LogP contribution >= 0.6 is 11.3 Å². The molecule has 0 N–H and O–H groups in total. The van der Waals surface area contributed by atoms with Crippen molar-refractivity contribution in [2.24, 2.45) is 0 Å². The Balaban J connectivity index is 1.61. The quantitative estimate of drug-likeness (QED) is 0.871. The van der Waals surface area contributed by atoms with Crippen LogP contribution in [0.4, 0.5) is 0 Å². The standard InChI is InChI=1S/C16H22N4OS/c1-12(2)20-8-5-14(18-20)10-15(21)19-7-3-4-13(11-19)16-17-6-9-22-16/h5-6,8-9,12-13H,3-4,7,10-11H2,1-2H3. The number of aromatic nitrogens is 3. The molecule has 0 bridgehead atoms. The van der Waals surface area contributed by atoms with Crippen molar-refractivity contribution < 1.29 is 4.79 Å². The Morgan fingerprint density at radius 1 is 1.50 bits per heavy atom. The molecule has 2 aromatic heterocycles. The van der Waals surface area contributed by atoms with E-state index < -0.39 is 0 Å². The zero-order valence-electron chi connectivity index (χ0n) is 13.1. The second-order valence-corrected chi connectivity index (χ2v) is 7.03. The Hall–Kier alpha value is -1.69. The molecule has 1 aliphatic heterocycles. The number of carbonyl (C=O) groups is 1. The smallest absolute Gasteiger partial charge is 0.228 e. The number of carbonyl (C=O) groups excluding carboxylic acids is 1. The fourth-order valence-electron chi connectivity index (χ4n) is 2.87. The van der Waals surface area contributed by atoms with Gasteiger partial charge in [-0.2, -0.15) is 5.10 Å². The maximum Gasteiger partial charge on any atom is 0.228 e. The van der Waals surface area contributed by atoms with Gasteiger partial charge in [-0.15, -0.1) is 11.3 Å². The van der Waals surface area contributed by atoms with Gasteiger partial charge in [0, 0.05) is 42.8 Å². The molecular weight excluding hydrogens is 296 g/mol. The van der Waals surface area contributed by atoms with Crippen LogP contribution in [0.3, 0.4) is 0 Å². The maximum absolute atomic E-state index is 12.5. The van der Waals surface area contributed by atoms with Crippen LogP contribution in [0.5, 0.6) is 0 Å². The lowest BCUT2D eigenvalue weighted by molar-refractivity contribution is -0.131. The van der Waals surface area contributed by atoms with Gasteiger partial charge in [0.25, 0.3) is 0 Å². The summed E-state index contributed by atoms with van der Waals surface area (Å²) >= 11 is 1.69. The molecule has 0 radical (unpaired) electrons. The Kier molecular flexibility index (Phi) is 4.57. The minimum atomic E-state index is 0.176. The zero-order valence-corrected chi connectivity index (χ0v) is 13.9. The number of amides is 1. The van der Waals surface area contributed by atoms with E-state index in [1.807, 2.05) is 33.4 Å². The summed E-state index contributed by atoms with van der Waals surface area (Å²) in [7, 11) is 0. The van der Waals surface area contributed by atoms with E-state index in [4.69, 9.17) is 0 Å². The van der Waals surface area contributed by atoms with Crippen LogP contribution in [0.2, 0.25) is 0 Å². The molecule has 0 spiro atoms. The summed E-state index contributed by atoms with van der Waals surface area (Å²) in [5, 5.41) is 7.64. The monoisotopic (exact) mass is 318 g/mol. The van der Waals surface area contributed by atoms with Crippen molar-refractivity contribution in [3.8, 4) is 0 Å². The fraction of sp³-hybridized carbons (Fsp3) is 0.562. The lowest BCUT2D eigenvalue weighted by Crippen LogP contribution is -2.40. The van der Waals surface area contributed by atoms with Crippen LogP contribution in [-0.2, 0) is 11.2 Å². The molecule has 6 heteroatoms. The molecule has 0 aromatic carbocycles. The molecule has 1 aliphatic rings. The van der Waals surface area contributed by atoms with Crippen LogP contribution in [-0.4, -0.2) is 38.7 Å². The van der Waals surface area contributed by atoms with Gasteiger partial charge in [-0.25, -0.2) is 4.98 Å². The van der Waals surface area contributed by atoms with Gasteiger partial charge in [0.15, 0.2) is 0 Å². The predicted molar refractivity (Wildman–Crippen MR) is 87.0 cm³/mol. The lowest BCUT2D eigenvalue weighted by atomic mass is 9.98. The number of thiazole rings is 1. The summed E-state index contributed by atoms with van der Waals surface area (Å²) in [5.74, 6) is 0.571. The molecule has 22 heavy (non-hydrogen) atoms. The predicted octanol–water partition coefficient (Wildman–Crippen LogP) is 2.87. The first-order chi connectivity index (χ1) is 10.6. The topological polar surface area (TPSA) is 51.0 Å². The minimum Gasteiger partial charge on any atom is -0.342 e. The molecule has 3 rings (SSSR count). The van der Waals surface area contributed by atoms with Gasteiger partial charge < -0.3 is 4.90 Å². The molecule has 1 amide bonds. The Bertz CT molecular complexity index is 620. The van der Waals surface area contributed by atoms with E-state index in [0.717, 1.165) is 36.6 Å². The van der Waals surface area contributed by atoms with Crippen LogP contribution in [0.1, 0.15) is 49.4 Å². The Morgan fingerprint density at radius 2 is 2.36 bits per heavy atom. The first kappa shape index (κ1) is 15.2. The molecule has 0 saturated carbocycles. The Morgan fingerprint density at radius 3 is 3.05 bits per heavy atom. The summed E-state index contributed by atoms with van der Waals surface area (Å²) in [6.07, 6.45) is 6.36. The lowest BCUT2D eigenvalue weighted by Gasteiger charge is -2.31. The van der Waals surface area contributed by atoms with E-state index in [1.165, 1.54) is 0 Å². The highest BCUT2D eigenvalue weighted by molar-refractivity contribution is 7.09. The average molecular weight is 318 g/mol. The van der Waals surface area contributed by atoms with Crippen LogP contribution in [0.15, 0.2) is 23.8 Å². The van der Waals surface area contributed by atoms with E-state index in [2.05, 4.69) is 23.9 Å². The van der Waals surface area contributed by atoms with Gasteiger partial charge in [-0.3, -0.25) is 9.48 Å². The highest BCUT2D eigenvalue weighted by atomic mass is 32.1. The molecule has 1 fully saturated rings.